The van der Waals surface area contributed by atoms with Crippen LogP contribution in [-0.4, -0.2) is 19.3 Å². The van der Waals surface area contributed by atoms with Gasteiger partial charge in [0.15, 0.2) is 0 Å². The largest absolute Gasteiger partial charge is 0.340 e. The third kappa shape index (κ3) is 3.28. The molecule has 0 unspecified atom stereocenters. The summed E-state index contributed by atoms with van der Waals surface area (Å²) in [6.07, 6.45) is 0. The number of amides is 1. The smallest absolute Gasteiger partial charge is 0.256 e. The number of halogens is 1. The highest BCUT2D eigenvalue weighted by molar-refractivity contribution is 7.92. The molecule has 0 fully saturated rings. The molecule has 3 aromatic carbocycles. The van der Waals surface area contributed by atoms with Crippen molar-refractivity contribution in [1.82, 2.24) is 4.98 Å². The van der Waals surface area contributed by atoms with Crippen LogP contribution in [0, 0.1) is 0 Å². The zero-order chi connectivity index (χ0) is 19.7. The van der Waals surface area contributed by atoms with E-state index >= 15 is 0 Å². The van der Waals surface area contributed by atoms with Gasteiger partial charge < -0.3 is 10.3 Å². The van der Waals surface area contributed by atoms with Gasteiger partial charge in [-0.1, -0.05) is 48.0 Å². The molecule has 0 spiro atoms. The SMILES string of the molecule is O=C(Nc1[nH]c2ccc(Cl)cc2c1S(=O)(=O)c1ccccc1)c1ccccc1. The van der Waals surface area contributed by atoms with Gasteiger partial charge in [-0.25, -0.2) is 8.42 Å². The van der Waals surface area contributed by atoms with Crippen LogP contribution in [0.2, 0.25) is 5.02 Å². The number of rotatable bonds is 4. The molecular weight excluding hydrogens is 396 g/mol. The zero-order valence-electron chi connectivity index (χ0n) is 14.5. The van der Waals surface area contributed by atoms with Gasteiger partial charge in [-0.2, -0.15) is 0 Å². The van der Waals surface area contributed by atoms with Gasteiger partial charge in [-0.05, 0) is 42.5 Å². The Labute approximate surface area is 166 Å². The highest BCUT2D eigenvalue weighted by atomic mass is 35.5. The Hall–Kier alpha value is -3.09. The second-order valence-electron chi connectivity index (χ2n) is 6.16. The summed E-state index contributed by atoms with van der Waals surface area (Å²) in [7, 11) is -3.90. The Morgan fingerprint density at radius 1 is 0.893 bits per heavy atom. The molecular formula is C21H15ClN2O3S. The molecule has 2 N–H and O–H groups in total. The second kappa shape index (κ2) is 7.14. The minimum absolute atomic E-state index is 0.0134. The second-order valence-corrected chi connectivity index (χ2v) is 8.48. The fraction of sp³-hybridized carbons (Fsp3) is 0. The van der Waals surface area contributed by atoms with Gasteiger partial charge >= 0.3 is 0 Å². The first-order valence-corrected chi connectivity index (χ1v) is 10.3. The number of aromatic nitrogens is 1. The molecule has 0 aliphatic heterocycles. The van der Waals surface area contributed by atoms with E-state index in [1.54, 1.807) is 66.7 Å². The number of carbonyl (C=O) groups excluding carboxylic acids is 1. The summed E-state index contributed by atoms with van der Waals surface area (Å²) in [4.78, 5) is 15.7. The summed E-state index contributed by atoms with van der Waals surface area (Å²) in [5.41, 5.74) is 0.976. The fourth-order valence-electron chi connectivity index (χ4n) is 3.00. The maximum Gasteiger partial charge on any atom is 0.256 e. The highest BCUT2D eigenvalue weighted by Crippen LogP contribution is 2.36. The molecule has 7 heteroatoms. The zero-order valence-corrected chi connectivity index (χ0v) is 16.1. The van der Waals surface area contributed by atoms with Crippen molar-refractivity contribution >= 4 is 44.1 Å². The molecule has 0 saturated heterocycles. The van der Waals surface area contributed by atoms with E-state index in [2.05, 4.69) is 10.3 Å². The van der Waals surface area contributed by atoms with Crippen molar-refractivity contribution in [3.63, 3.8) is 0 Å². The third-order valence-electron chi connectivity index (χ3n) is 4.31. The average molecular weight is 411 g/mol. The van der Waals surface area contributed by atoms with Gasteiger partial charge in [0.25, 0.3) is 5.91 Å². The maximum absolute atomic E-state index is 13.3. The number of benzene rings is 3. The van der Waals surface area contributed by atoms with E-state index in [1.807, 2.05) is 0 Å². The third-order valence-corrected chi connectivity index (χ3v) is 6.40. The van der Waals surface area contributed by atoms with Crippen molar-refractivity contribution in [2.45, 2.75) is 9.79 Å². The molecule has 4 aromatic rings. The molecule has 0 radical (unpaired) electrons. The summed E-state index contributed by atoms with van der Waals surface area (Å²) in [5, 5.41) is 3.51. The van der Waals surface area contributed by atoms with Crippen molar-refractivity contribution in [3.8, 4) is 0 Å². The van der Waals surface area contributed by atoms with Gasteiger partial charge in [0.1, 0.15) is 10.7 Å². The lowest BCUT2D eigenvalue weighted by molar-refractivity contribution is 0.102. The van der Waals surface area contributed by atoms with Gasteiger partial charge in [0, 0.05) is 21.5 Å². The van der Waals surface area contributed by atoms with Crippen LogP contribution in [-0.2, 0) is 9.84 Å². The number of sulfone groups is 1. The Balaban J connectivity index is 1.90. The van der Waals surface area contributed by atoms with Crippen LogP contribution in [0.1, 0.15) is 10.4 Å². The Kier molecular flexibility index (Phi) is 4.66. The number of hydrogen-bond donors (Lipinski definition) is 2. The van der Waals surface area contributed by atoms with Crippen LogP contribution < -0.4 is 5.32 Å². The van der Waals surface area contributed by atoms with E-state index in [9.17, 15) is 13.2 Å². The molecule has 0 bridgehead atoms. The topological polar surface area (TPSA) is 79.0 Å². The number of anilines is 1. The molecule has 0 aliphatic carbocycles. The molecule has 140 valence electrons. The van der Waals surface area contributed by atoms with Crippen LogP contribution in [0.5, 0.6) is 0 Å². The van der Waals surface area contributed by atoms with E-state index in [0.717, 1.165) is 0 Å². The number of fused-ring (bicyclic) bond motifs is 1. The number of H-pyrrole nitrogens is 1. The Morgan fingerprint density at radius 2 is 1.54 bits per heavy atom. The van der Waals surface area contributed by atoms with Gasteiger partial charge in [-0.15, -0.1) is 0 Å². The predicted octanol–water partition coefficient (Wildman–Crippen LogP) is 4.91. The molecule has 5 nitrogen and oxygen atoms in total. The molecule has 1 amide bonds. The van der Waals surface area contributed by atoms with E-state index in [4.69, 9.17) is 11.6 Å². The lowest BCUT2D eigenvalue weighted by atomic mass is 10.2. The fourth-order valence-corrected chi connectivity index (χ4v) is 4.75. The van der Waals surface area contributed by atoms with Crippen molar-refractivity contribution in [3.05, 3.63) is 89.4 Å². The van der Waals surface area contributed by atoms with E-state index in [-0.39, 0.29) is 15.6 Å². The van der Waals surface area contributed by atoms with Crippen molar-refractivity contribution in [2.75, 3.05) is 5.32 Å². The van der Waals surface area contributed by atoms with Gasteiger partial charge in [0.05, 0.1) is 4.90 Å². The van der Waals surface area contributed by atoms with Gasteiger partial charge in [0.2, 0.25) is 9.84 Å². The molecule has 0 atom stereocenters. The van der Waals surface area contributed by atoms with Gasteiger partial charge in [-0.3, -0.25) is 4.79 Å². The lowest BCUT2D eigenvalue weighted by Gasteiger charge is -2.09. The quantitative estimate of drug-likeness (QED) is 0.502. The molecule has 28 heavy (non-hydrogen) atoms. The van der Waals surface area contributed by atoms with Crippen LogP contribution in [0.25, 0.3) is 10.9 Å². The maximum atomic E-state index is 13.3. The van der Waals surface area contributed by atoms with Crippen molar-refractivity contribution < 1.29 is 13.2 Å². The average Bonchev–Trinajstić information content (AvgIpc) is 3.07. The van der Waals surface area contributed by atoms with Crippen molar-refractivity contribution in [1.29, 1.82) is 0 Å². The van der Waals surface area contributed by atoms with Crippen LogP contribution in [0.4, 0.5) is 5.82 Å². The van der Waals surface area contributed by atoms with Crippen LogP contribution in [0.15, 0.2) is 88.7 Å². The summed E-state index contributed by atoms with van der Waals surface area (Å²) < 4.78 is 26.7. The van der Waals surface area contributed by atoms with E-state index in [0.29, 0.717) is 21.5 Å². The monoisotopic (exact) mass is 410 g/mol. The summed E-state index contributed by atoms with van der Waals surface area (Å²) in [5.74, 6) is -0.308. The molecule has 0 saturated carbocycles. The number of carbonyl (C=O) groups is 1. The van der Waals surface area contributed by atoms with E-state index in [1.165, 1.54) is 12.1 Å². The molecule has 1 heterocycles. The molecule has 4 rings (SSSR count). The van der Waals surface area contributed by atoms with Crippen LogP contribution >= 0.6 is 11.6 Å². The first-order valence-electron chi connectivity index (χ1n) is 8.44. The number of nitrogens with one attached hydrogen (secondary N) is 2. The summed E-state index contributed by atoms with van der Waals surface area (Å²) in [6.45, 7) is 0. The predicted molar refractivity (Wildman–Crippen MR) is 110 cm³/mol. The first kappa shape index (κ1) is 18.3. The number of hydrogen-bond acceptors (Lipinski definition) is 3. The normalized spacial score (nSPS) is 11.5. The molecule has 0 aliphatic rings. The summed E-state index contributed by atoms with van der Waals surface area (Å²) in [6, 6.07) is 21.6. The minimum atomic E-state index is -3.90. The molecule has 1 aromatic heterocycles. The minimum Gasteiger partial charge on any atom is -0.340 e. The van der Waals surface area contributed by atoms with Crippen molar-refractivity contribution in [2.24, 2.45) is 0 Å². The standard InChI is InChI=1S/C21H15ClN2O3S/c22-15-11-12-18-17(13-15)19(28(26,27)16-9-5-2-6-10-16)20(23-18)24-21(25)14-7-3-1-4-8-14/h1-13,23H,(H,24,25). The van der Waals surface area contributed by atoms with E-state index < -0.39 is 15.7 Å². The Bertz CT molecular complexity index is 1270. The highest BCUT2D eigenvalue weighted by Gasteiger charge is 2.27. The number of aromatic amines is 1. The van der Waals surface area contributed by atoms with Crippen LogP contribution in [0.3, 0.4) is 0 Å². The lowest BCUT2D eigenvalue weighted by Crippen LogP contribution is -2.14. The summed E-state index contributed by atoms with van der Waals surface area (Å²) >= 11 is 6.10. The Morgan fingerprint density at radius 3 is 2.21 bits per heavy atom. The first-order chi connectivity index (χ1) is 13.5.